The molecule has 0 radical (unpaired) electrons. The van der Waals surface area contributed by atoms with Crippen molar-refractivity contribution in [2.75, 3.05) is 5.32 Å². The molecule has 3 aromatic carbocycles. The third-order valence-electron chi connectivity index (χ3n) is 7.15. The van der Waals surface area contributed by atoms with E-state index in [1.165, 1.54) is 0 Å². The van der Waals surface area contributed by atoms with Crippen molar-refractivity contribution in [3.8, 4) is 11.5 Å². The molecule has 1 aliphatic rings. The van der Waals surface area contributed by atoms with Gasteiger partial charge in [-0.2, -0.15) is 5.10 Å². The van der Waals surface area contributed by atoms with Crippen molar-refractivity contribution in [3.05, 3.63) is 130 Å². The Morgan fingerprint density at radius 2 is 1.79 bits per heavy atom. The Morgan fingerprint density at radius 3 is 2.58 bits per heavy atom. The molecular weight excluding hydrogens is 494 g/mol. The summed E-state index contributed by atoms with van der Waals surface area (Å²) in [5.74, 6) is 0.935. The van der Waals surface area contributed by atoms with Gasteiger partial charge in [0.05, 0.1) is 29.7 Å². The smallest absolute Gasteiger partial charge is 0.308 e. The number of halogens is 1. The lowest BCUT2D eigenvalue weighted by Gasteiger charge is -2.31. The number of rotatable bonds is 4. The SMILES string of the molecule is CCc1ccccc1NC(=O)N1Cc2c(C)nn(-c3ccccc3)c2-n2cccc2[C@H]1c1cccc(Cl)c1. The monoisotopic (exact) mass is 521 g/mol. The fourth-order valence-electron chi connectivity index (χ4n) is 5.31. The number of fused-ring (bicyclic) bond motifs is 3. The fraction of sp³-hybridized carbons (Fsp3) is 0.161. The molecule has 190 valence electrons. The Bertz CT molecular complexity index is 1620. The molecular formula is C31H28ClN5O. The second kappa shape index (κ2) is 9.88. The standard InChI is InChI=1S/C31H28ClN5O/c1-3-22-11-7-8-16-27(22)33-31(38)36-20-26-21(2)34-37(25-14-5-4-6-15-25)30(26)35-18-10-17-28(35)29(36)23-12-9-13-24(32)19-23/h4-19,29H,3,20H2,1-2H3,(H,33,38)/t29-/m1/s1. The molecule has 38 heavy (non-hydrogen) atoms. The van der Waals surface area contributed by atoms with E-state index in [0.717, 1.165) is 51.7 Å². The molecule has 0 spiro atoms. The third-order valence-corrected chi connectivity index (χ3v) is 7.39. The summed E-state index contributed by atoms with van der Waals surface area (Å²) in [6.07, 6.45) is 2.87. The Labute approximate surface area is 227 Å². The van der Waals surface area contributed by atoms with Gasteiger partial charge in [0.25, 0.3) is 0 Å². The maximum Gasteiger partial charge on any atom is 0.322 e. The quantitative estimate of drug-likeness (QED) is 0.269. The van der Waals surface area contributed by atoms with Gasteiger partial charge in [0.2, 0.25) is 0 Å². The van der Waals surface area contributed by atoms with Crippen LogP contribution >= 0.6 is 11.6 Å². The maximum absolute atomic E-state index is 14.1. The number of hydrogen-bond acceptors (Lipinski definition) is 2. The second-order valence-electron chi connectivity index (χ2n) is 9.46. The average Bonchev–Trinajstić information content (AvgIpc) is 3.49. The van der Waals surface area contributed by atoms with Crippen LogP contribution in [0.2, 0.25) is 5.02 Å². The summed E-state index contributed by atoms with van der Waals surface area (Å²) in [4.78, 5) is 16.0. The van der Waals surface area contributed by atoms with Crippen LogP contribution in [0.5, 0.6) is 0 Å². The lowest BCUT2D eigenvalue weighted by Crippen LogP contribution is -2.38. The Balaban J connectivity index is 1.54. The summed E-state index contributed by atoms with van der Waals surface area (Å²) < 4.78 is 4.12. The van der Waals surface area contributed by atoms with Crippen LogP contribution in [0.1, 0.15) is 41.0 Å². The molecule has 0 saturated heterocycles. The van der Waals surface area contributed by atoms with E-state index in [0.29, 0.717) is 11.6 Å². The molecule has 0 fully saturated rings. The van der Waals surface area contributed by atoms with Crippen LogP contribution in [-0.2, 0) is 13.0 Å². The Hall–Kier alpha value is -4.29. The van der Waals surface area contributed by atoms with E-state index in [9.17, 15) is 4.79 Å². The zero-order valence-corrected chi connectivity index (χ0v) is 22.1. The Morgan fingerprint density at radius 1 is 1.00 bits per heavy atom. The van der Waals surface area contributed by atoms with Gasteiger partial charge in [0, 0.05) is 22.5 Å². The fourth-order valence-corrected chi connectivity index (χ4v) is 5.51. The van der Waals surface area contributed by atoms with Gasteiger partial charge in [-0.1, -0.05) is 67.1 Å². The number of anilines is 1. The van der Waals surface area contributed by atoms with Crippen LogP contribution in [0.4, 0.5) is 10.5 Å². The van der Waals surface area contributed by atoms with Gasteiger partial charge in [-0.15, -0.1) is 0 Å². The number of nitrogens with one attached hydrogen (secondary N) is 1. The molecule has 1 aliphatic heterocycles. The van der Waals surface area contributed by atoms with Crippen LogP contribution in [0.25, 0.3) is 11.5 Å². The number of para-hydroxylation sites is 2. The average molecular weight is 522 g/mol. The molecule has 0 saturated carbocycles. The number of hydrogen-bond donors (Lipinski definition) is 1. The van der Waals surface area contributed by atoms with Crippen LogP contribution in [-0.4, -0.2) is 25.3 Å². The predicted octanol–water partition coefficient (Wildman–Crippen LogP) is 7.32. The molecule has 6 nitrogen and oxygen atoms in total. The van der Waals surface area contributed by atoms with E-state index in [4.69, 9.17) is 16.7 Å². The van der Waals surface area contributed by atoms with Crippen molar-refractivity contribution in [2.24, 2.45) is 0 Å². The van der Waals surface area contributed by atoms with Gasteiger partial charge in [0.1, 0.15) is 5.82 Å². The van der Waals surface area contributed by atoms with Crippen molar-refractivity contribution in [3.63, 3.8) is 0 Å². The van der Waals surface area contributed by atoms with E-state index in [1.54, 1.807) is 0 Å². The molecule has 5 aromatic rings. The number of benzene rings is 3. The van der Waals surface area contributed by atoms with Gasteiger partial charge >= 0.3 is 6.03 Å². The van der Waals surface area contributed by atoms with Crippen LogP contribution in [0, 0.1) is 6.92 Å². The molecule has 0 bridgehead atoms. The second-order valence-corrected chi connectivity index (χ2v) is 9.90. The summed E-state index contributed by atoms with van der Waals surface area (Å²) in [6.45, 7) is 4.48. The lowest BCUT2D eigenvalue weighted by molar-refractivity contribution is 0.194. The summed E-state index contributed by atoms with van der Waals surface area (Å²) in [5, 5.41) is 8.75. The minimum Gasteiger partial charge on any atom is -0.308 e. The highest BCUT2D eigenvalue weighted by molar-refractivity contribution is 6.30. The predicted molar refractivity (Wildman–Crippen MR) is 151 cm³/mol. The molecule has 7 heteroatoms. The third kappa shape index (κ3) is 4.17. The van der Waals surface area contributed by atoms with Crippen molar-refractivity contribution in [1.29, 1.82) is 0 Å². The zero-order chi connectivity index (χ0) is 26.2. The molecule has 1 atom stereocenters. The highest BCUT2D eigenvalue weighted by Gasteiger charge is 2.36. The maximum atomic E-state index is 14.1. The number of urea groups is 1. The summed E-state index contributed by atoms with van der Waals surface area (Å²) >= 11 is 6.46. The summed E-state index contributed by atoms with van der Waals surface area (Å²) in [5.41, 5.74) is 6.65. The summed E-state index contributed by atoms with van der Waals surface area (Å²) in [7, 11) is 0. The Kier molecular flexibility index (Phi) is 6.26. The number of aryl methyl sites for hydroxylation is 2. The van der Waals surface area contributed by atoms with Crippen LogP contribution < -0.4 is 5.32 Å². The van der Waals surface area contributed by atoms with E-state index >= 15 is 0 Å². The molecule has 3 heterocycles. The molecule has 0 aliphatic carbocycles. The number of carbonyl (C=O) groups is 1. The van der Waals surface area contributed by atoms with Crippen molar-refractivity contribution >= 4 is 23.3 Å². The highest BCUT2D eigenvalue weighted by Crippen LogP contribution is 2.39. The first-order valence-corrected chi connectivity index (χ1v) is 13.2. The van der Waals surface area contributed by atoms with E-state index in [1.807, 2.05) is 108 Å². The molecule has 6 rings (SSSR count). The topological polar surface area (TPSA) is 55.1 Å². The minimum atomic E-state index is -0.367. The lowest BCUT2D eigenvalue weighted by atomic mass is 10.0. The van der Waals surface area contributed by atoms with Crippen molar-refractivity contribution in [1.82, 2.24) is 19.2 Å². The molecule has 1 N–H and O–H groups in total. The number of amides is 2. The van der Waals surface area contributed by atoms with Crippen molar-refractivity contribution in [2.45, 2.75) is 32.9 Å². The van der Waals surface area contributed by atoms with E-state index in [2.05, 4.69) is 22.9 Å². The first-order valence-electron chi connectivity index (χ1n) is 12.8. The van der Waals surface area contributed by atoms with Gasteiger partial charge in [-0.05, 0) is 66.9 Å². The number of nitrogens with zero attached hydrogens (tertiary/aromatic N) is 4. The zero-order valence-electron chi connectivity index (χ0n) is 21.3. The number of carbonyl (C=O) groups excluding carboxylic acids is 1. The molecule has 2 aromatic heterocycles. The first kappa shape index (κ1) is 24.1. The van der Waals surface area contributed by atoms with Gasteiger partial charge in [-0.25, -0.2) is 9.48 Å². The highest BCUT2D eigenvalue weighted by atomic mass is 35.5. The normalized spacial score (nSPS) is 14.5. The minimum absolute atomic E-state index is 0.177. The summed E-state index contributed by atoms with van der Waals surface area (Å²) in [6, 6.07) is 29.3. The van der Waals surface area contributed by atoms with Gasteiger partial charge < -0.3 is 14.8 Å². The number of aromatic nitrogens is 3. The van der Waals surface area contributed by atoms with E-state index < -0.39 is 0 Å². The van der Waals surface area contributed by atoms with Gasteiger partial charge in [-0.3, -0.25) is 0 Å². The van der Waals surface area contributed by atoms with Gasteiger partial charge in [0.15, 0.2) is 0 Å². The van der Waals surface area contributed by atoms with E-state index in [-0.39, 0.29) is 12.1 Å². The van der Waals surface area contributed by atoms with Crippen LogP contribution in [0.15, 0.2) is 97.2 Å². The van der Waals surface area contributed by atoms with Crippen molar-refractivity contribution < 1.29 is 4.79 Å². The first-order chi connectivity index (χ1) is 18.5. The van der Waals surface area contributed by atoms with Crippen LogP contribution in [0.3, 0.4) is 0 Å². The largest absolute Gasteiger partial charge is 0.322 e. The molecule has 2 amide bonds. The molecule has 0 unspecified atom stereocenters.